The van der Waals surface area contributed by atoms with Gasteiger partial charge in [-0.05, 0) is 12.8 Å². The molecule has 0 aromatic heterocycles. The monoisotopic (exact) mass is 302 g/mol. The van der Waals surface area contributed by atoms with E-state index >= 15 is 0 Å². The van der Waals surface area contributed by atoms with Crippen LogP contribution in [0.4, 0.5) is 26.3 Å². The summed E-state index contributed by atoms with van der Waals surface area (Å²) in [6.45, 7) is -0.0906. The minimum atomic E-state index is -6.32. The van der Waals surface area contributed by atoms with Crippen LogP contribution in [0.3, 0.4) is 0 Å². The molecule has 1 aliphatic heterocycles. The molecule has 11 heteroatoms. The first-order chi connectivity index (χ1) is 7.95. The maximum atomic E-state index is 12.5. The Labute approximate surface area is 98.0 Å². The topological polar surface area (TPSA) is 52.6 Å². The molecular formula is C7H8F6O4S. The van der Waals surface area contributed by atoms with Crippen molar-refractivity contribution in [2.45, 2.75) is 36.7 Å². The summed E-state index contributed by atoms with van der Waals surface area (Å²) in [7, 11) is -6.32. The van der Waals surface area contributed by atoms with Crippen LogP contribution in [-0.4, -0.2) is 38.9 Å². The van der Waals surface area contributed by atoms with E-state index in [0.29, 0.717) is 0 Å². The second-order valence-corrected chi connectivity index (χ2v) is 5.07. The van der Waals surface area contributed by atoms with Gasteiger partial charge in [-0.1, -0.05) is 0 Å². The molecule has 0 unspecified atom stereocenters. The molecule has 0 bridgehead atoms. The van der Waals surface area contributed by atoms with E-state index in [0.717, 1.165) is 0 Å². The number of hydrogen-bond donors (Lipinski definition) is 0. The fourth-order valence-corrected chi connectivity index (χ4v) is 1.97. The largest absolute Gasteiger partial charge is 0.523 e. The van der Waals surface area contributed by atoms with E-state index in [2.05, 4.69) is 8.92 Å². The first kappa shape index (κ1) is 15.5. The average Bonchev–Trinajstić information content (AvgIpc) is 2.62. The Morgan fingerprint density at radius 2 is 1.72 bits per heavy atom. The quantitative estimate of drug-likeness (QED) is 0.454. The first-order valence-corrected chi connectivity index (χ1v) is 6.04. The van der Waals surface area contributed by atoms with Gasteiger partial charge in [-0.3, -0.25) is 0 Å². The molecule has 108 valence electrons. The highest BCUT2D eigenvalue weighted by atomic mass is 32.2. The minimum Gasteiger partial charge on any atom is -0.375 e. The van der Waals surface area contributed by atoms with E-state index in [-0.39, 0.29) is 19.4 Å². The molecule has 2 atom stereocenters. The Kier molecular flexibility index (Phi) is 4.18. The predicted octanol–water partition coefficient (Wildman–Crippen LogP) is 1.96. The smallest absolute Gasteiger partial charge is 0.375 e. The lowest BCUT2D eigenvalue weighted by Gasteiger charge is -2.25. The molecule has 0 saturated carbocycles. The van der Waals surface area contributed by atoms with Crippen molar-refractivity contribution in [2.75, 3.05) is 6.61 Å². The normalized spacial score (nSPS) is 24.2. The van der Waals surface area contributed by atoms with E-state index in [1.54, 1.807) is 0 Å². The number of ether oxygens (including phenoxy) is 1. The van der Waals surface area contributed by atoms with Crippen LogP contribution in [-0.2, 0) is 19.0 Å². The zero-order valence-corrected chi connectivity index (χ0v) is 9.40. The lowest BCUT2D eigenvalue weighted by atomic mass is 10.1. The second-order valence-electron chi connectivity index (χ2n) is 3.51. The van der Waals surface area contributed by atoms with Gasteiger partial charge in [0, 0.05) is 6.61 Å². The molecular weight excluding hydrogens is 294 g/mol. The summed E-state index contributed by atoms with van der Waals surface area (Å²) in [4.78, 5) is 0. The summed E-state index contributed by atoms with van der Waals surface area (Å²) >= 11 is 0. The van der Waals surface area contributed by atoms with Gasteiger partial charge in [0.1, 0.15) is 0 Å². The molecule has 0 aromatic carbocycles. The molecule has 1 heterocycles. The summed E-state index contributed by atoms with van der Waals surface area (Å²) in [5.41, 5.74) is -5.91. The SMILES string of the molecule is O=S(=O)(O[C@H]([C@H]1CCCO1)C(F)(F)F)C(F)(F)F. The highest BCUT2D eigenvalue weighted by Gasteiger charge is 2.56. The number of halogens is 6. The van der Waals surface area contributed by atoms with Gasteiger partial charge in [0.05, 0.1) is 6.10 Å². The molecule has 0 N–H and O–H groups in total. The first-order valence-electron chi connectivity index (χ1n) is 4.63. The molecule has 0 amide bonds. The summed E-state index contributed by atoms with van der Waals surface area (Å²) in [5, 5.41) is 0. The zero-order chi connectivity index (χ0) is 14.2. The van der Waals surface area contributed by atoms with Gasteiger partial charge >= 0.3 is 21.8 Å². The Bertz CT molecular complexity index is 380. The Morgan fingerprint density at radius 1 is 1.17 bits per heavy atom. The molecule has 1 aliphatic rings. The number of hydrogen-bond acceptors (Lipinski definition) is 4. The van der Waals surface area contributed by atoms with Gasteiger partial charge in [-0.2, -0.15) is 34.8 Å². The Morgan fingerprint density at radius 3 is 2.06 bits per heavy atom. The third-order valence-corrected chi connectivity index (χ3v) is 3.17. The van der Waals surface area contributed by atoms with E-state index in [4.69, 9.17) is 0 Å². The third-order valence-electron chi connectivity index (χ3n) is 2.14. The van der Waals surface area contributed by atoms with E-state index in [1.807, 2.05) is 0 Å². The van der Waals surface area contributed by atoms with Gasteiger partial charge in [0.25, 0.3) is 0 Å². The fourth-order valence-electron chi connectivity index (χ4n) is 1.36. The summed E-state index contributed by atoms with van der Waals surface area (Å²) < 4.78 is 102. The van der Waals surface area contributed by atoms with Crippen LogP contribution < -0.4 is 0 Å². The van der Waals surface area contributed by atoms with Crippen molar-refractivity contribution in [3.8, 4) is 0 Å². The van der Waals surface area contributed by atoms with Gasteiger partial charge in [0.2, 0.25) is 0 Å². The van der Waals surface area contributed by atoms with Gasteiger partial charge in [-0.15, -0.1) is 0 Å². The van der Waals surface area contributed by atoms with Gasteiger partial charge in [0.15, 0.2) is 6.10 Å². The molecule has 1 fully saturated rings. The fraction of sp³-hybridized carbons (Fsp3) is 1.00. The van der Waals surface area contributed by atoms with Crippen LogP contribution in [0.25, 0.3) is 0 Å². The lowest BCUT2D eigenvalue weighted by Crippen LogP contribution is -2.45. The van der Waals surface area contributed by atoms with Gasteiger partial charge < -0.3 is 4.74 Å². The summed E-state index contributed by atoms with van der Waals surface area (Å²) in [6, 6.07) is 0. The van der Waals surface area contributed by atoms with Crippen molar-refractivity contribution in [3.05, 3.63) is 0 Å². The van der Waals surface area contributed by atoms with Gasteiger partial charge in [-0.25, -0.2) is 4.18 Å². The van der Waals surface area contributed by atoms with Crippen LogP contribution >= 0.6 is 0 Å². The Balaban J connectivity index is 2.93. The van der Waals surface area contributed by atoms with Crippen LogP contribution in [0.1, 0.15) is 12.8 Å². The number of alkyl halides is 6. The van der Waals surface area contributed by atoms with E-state index in [1.165, 1.54) is 0 Å². The van der Waals surface area contributed by atoms with Crippen LogP contribution in [0.2, 0.25) is 0 Å². The molecule has 0 aliphatic carbocycles. The molecule has 0 aromatic rings. The predicted molar refractivity (Wildman–Crippen MR) is 44.9 cm³/mol. The minimum absolute atomic E-state index is 0.0906. The van der Waals surface area contributed by atoms with E-state index in [9.17, 15) is 34.8 Å². The zero-order valence-electron chi connectivity index (χ0n) is 8.59. The van der Waals surface area contributed by atoms with Crippen molar-refractivity contribution in [2.24, 2.45) is 0 Å². The average molecular weight is 302 g/mol. The third kappa shape index (κ3) is 3.48. The standard InChI is InChI=1S/C7H8F6O4S/c8-6(9,10)5(4-2-1-3-16-4)17-18(14,15)7(11,12)13/h4-5H,1-3H2/t4-,5-/m1/s1. The molecule has 1 rings (SSSR count). The number of rotatable bonds is 3. The van der Waals surface area contributed by atoms with Crippen molar-refractivity contribution in [1.29, 1.82) is 0 Å². The summed E-state index contributed by atoms with van der Waals surface area (Å²) in [6.07, 6.45) is -10.2. The maximum absolute atomic E-state index is 12.5. The van der Waals surface area contributed by atoms with E-state index < -0.39 is 34.0 Å². The van der Waals surface area contributed by atoms with Crippen LogP contribution in [0.5, 0.6) is 0 Å². The molecule has 1 saturated heterocycles. The second kappa shape index (κ2) is 4.85. The maximum Gasteiger partial charge on any atom is 0.523 e. The van der Waals surface area contributed by atoms with Crippen molar-refractivity contribution >= 4 is 10.1 Å². The molecule has 0 radical (unpaired) electrons. The van der Waals surface area contributed by atoms with Crippen molar-refractivity contribution < 1.29 is 43.7 Å². The van der Waals surface area contributed by atoms with Crippen molar-refractivity contribution in [1.82, 2.24) is 0 Å². The highest BCUT2D eigenvalue weighted by Crippen LogP contribution is 2.35. The van der Waals surface area contributed by atoms with Crippen LogP contribution in [0, 0.1) is 0 Å². The molecule has 0 spiro atoms. The van der Waals surface area contributed by atoms with Crippen molar-refractivity contribution in [3.63, 3.8) is 0 Å². The molecule has 4 nitrogen and oxygen atoms in total. The molecule has 18 heavy (non-hydrogen) atoms. The van der Waals surface area contributed by atoms with Crippen LogP contribution in [0.15, 0.2) is 0 Å². The summed E-state index contributed by atoms with van der Waals surface area (Å²) in [5.74, 6) is 0. The lowest BCUT2D eigenvalue weighted by molar-refractivity contribution is -0.223. The Hall–Kier alpha value is -0.550. The highest BCUT2D eigenvalue weighted by molar-refractivity contribution is 7.87.